The van der Waals surface area contributed by atoms with Gasteiger partial charge in [-0.2, -0.15) is 0 Å². The number of methoxy groups -OCH3 is 1. The number of thiophene rings is 1. The fourth-order valence-corrected chi connectivity index (χ4v) is 4.17. The first-order valence-corrected chi connectivity index (χ1v) is 9.33. The van der Waals surface area contributed by atoms with Gasteiger partial charge in [0, 0.05) is 45.3 Å². The van der Waals surface area contributed by atoms with Gasteiger partial charge in [-0.1, -0.05) is 28.1 Å². The van der Waals surface area contributed by atoms with Gasteiger partial charge >= 0.3 is 0 Å². The van der Waals surface area contributed by atoms with Crippen LogP contribution >= 0.6 is 43.2 Å². The molecule has 0 aliphatic heterocycles. The molecule has 1 unspecified atom stereocenters. The van der Waals surface area contributed by atoms with Crippen molar-refractivity contribution < 1.29 is 4.74 Å². The predicted octanol–water partition coefficient (Wildman–Crippen LogP) is 4.84. The van der Waals surface area contributed by atoms with Crippen LogP contribution in [0.2, 0.25) is 0 Å². The van der Waals surface area contributed by atoms with E-state index in [1.807, 2.05) is 11.3 Å². The van der Waals surface area contributed by atoms with Crippen molar-refractivity contribution in [1.29, 1.82) is 0 Å². The summed E-state index contributed by atoms with van der Waals surface area (Å²) in [5, 5.41) is 5.63. The van der Waals surface area contributed by atoms with E-state index >= 15 is 0 Å². The van der Waals surface area contributed by atoms with E-state index in [4.69, 9.17) is 4.74 Å². The van der Waals surface area contributed by atoms with Crippen molar-refractivity contribution in [2.75, 3.05) is 26.8 Å². The van der Waals surface area contributed by atoms with Crippen LogP contribution in [0.1, 0.15) is 16.4 Å². The predicted molar refractivity (Wildman–Crippen MR) is 97.4 cm³/mol. The molecule has 0 amide bonds. The lowest BCUT2D eigenvalue weighted by Gasteiger charge is -2.18. The van der Waals surface area contributed by atoms with Gasteiger partial charge in [-0.25, -0.2) is 0 Å². The van der Waals surface area contributed by atoms with E-state index in [1.165, 1.54) is 14.9 Å². The van der Waals surface area contributed by atoms with E-state index in [2.05, 4.69) is 72.9 Å². The van der Waals surface area contributed by atoms with Gasteiger partial charge in [0.2, 0.25) is 0 Å². The quantitative estimate of drug-likeness (QED) is 0.602. The third-order valence-electron chi connectivity index (χ3n) is 3.26. The van der Waals surface area contributed by atoms with Crippen LogP contribution in [0.15, 0.2) is 44.7 Å². The molecule has 0 saturated carbocycles. The van der Waals surface area contributed by atoms with Gasteiger partial charge in [0.1, 0.15) is 0 Å². The molecule has 2 rings (SSSR count). The van der Waals surface area contributed by atoms with Crippen LogP contribution in [0.25, 0.3) is 0 Å². The number of benzene rings is 1. The average molecular weight is 433 g/mol. The van der Waals surface area contributed by atoms with E-state index in [1.54, 1.807) is 7.11 Å². The van der Waals surface area contributed by atoms with Gasteiger partial charge in [0.25, 0.3) is 0 Å². The maximum atomic E-state index is 5.10. The highest BCUT2D eigenvalue weighted by Gasteiger charge is 2.14. The third kappa shape index (κ3) is 5.83. The second-order valence-electron chi connectivity index (χ2n) is 4.88. The molecule has 0 aliphatic carbocycles. The maximum absolute atomic E-state index is 5.10. The monoisotopic (exact) mass is 431 g/mol. The summed E-state index contributed by atoms with van der Waals surface area (Å²) in [6.45, 7) is 2.58. The van der Waals surface area contributed by atoms with Crippen molar-refractivity contribution in [2.24, 2.45) is 0 Å². The highest BCUT2D eigenvalue weighted by atomic mass is 79.9. The Morgan fingerprint density at radius 3 is 2.76 bits per heavy atom. The molecule has 2 aromatic rings. The Hall–Kier alpha value is -0.200. The van der Waals surface area contributed by atoms with Crippen molar-refractivity contribution in [3.63, 3.8) is 0 Å². The Labute approximate surface area is 147 Å². The summed E-state index contributed by atoms with van der Waals surface area (Å²) in [6, 6.07) is 10.8. The van der Waals surface area contributed by atoms with Gasteiger partial charge in [-0.15, -0.1) is 11.3 Å². The summed E-state index contributed by atoms with van der Waals surface area (Å²) < 4.78 is 7.40. The Bertz CT molecular complexity index is 559. The van der Waals surface area contributed by atoms with Crippen molar-refractivity contribution in [3.05, 3.63) is 55.1 Å². The van der Waals surface area contributed by atoms with Gasteiger partial charge in [0.15, 0.2) is 0 Å². The normalized spacial score (nSPS) is 12.5. The first kappa shape index (κ1) is 17.2. The molecule has 1 aromatic carbocycles. The van der Waals surface area contributed by atoms with Crippen LogP contribution in [0, 0.1) is 0 Å². The van der Waals surface area contributed by atoms with E-state index in [-0.39, 0.29) is 0 Å². The van der Waals surface area contributed by atoms with Crippen LogP contribution in [-0.2, 0) is 11.2 Å². The second-order valence-corrected chi connectivity index (χ2v) is 7.71. The third-order valence-corrected chi connectivity index (χ3v) is 5.48. The summed E-state index contributed by atoms with van der Waals surface area (Å²) in [4.78, 5) is 1.40. The molecule has 0 fully saturated rings. The summed E-state index contributed by atoms with van der Waals surface area (Å²) in [5.41, 5.74) is 1.36. The highest BCUT2D eigenvalue weighted by molar-refractivity contribution is 9.10. The number of hydrogen-bond donors (Lipinski definition) is 1. The van der Waals surface area contributed by atoms with E-state index in [9.17, 15) is 0 Å². The van der Waals surface area contributed by atoms with Crippen LogP contribution in [0.3, 0.4) is 0 Å². The lowest BCUT2D eigenvalue weighted by Crippen LogP contribution is -2.26. The number of rotatable bonds is 8. The van der Waals surface area contributed by atoms with Gasteiger partial charge in [0.05, 0.1) is 6.61 Å². The topological polar surface area (TPSA) is 21.3 Å². The minimum atomic E-state index is 0.463. The largest absolute Gasteiger partial charge is 0.383 e. The standard InChI is InChI=1S/C16H19Br2NOS/c1-20-6-5-19-10-13(8-16-9-15(18)11-21-16)12-3-2-4-14(17)7-12/h2-4,7,9,11,13,19H,5-6,8,10H2,1H3. The van der Waals surface area contributed by atoms with Crippen molar-refractivity contribution in [1.82, 2.24) is 5.32 Å². The smallest absolute Gasteiger partial charge is 0.0587 e. The Balaban J connectivity index is 2.06. The molecule has 5 heteroatoms. The molecule has 0 aliphatic rings. The molecule has 0 bridgehead atoms. The Morgan fingerprint density at radius 1 is 1.24 bits per heavy atom. The highest BCUT2D eigenvalue weighted by Crippen LogP contribution is 2.28. The molecule has 0 spiro atoms. The molecular weight excluding hydrogens is 414 g/mol. The van der Waals surface area contributed by atoms with Crippen LogP contribution in [0.5, 0.6) is 0 Å². The number of hydrogen-bond acceptors (Lipinski definition) is 3. The maximum Gasteiger partial charge on any atom is 0.0587 e. The minimum Gasteiger partial charge on any atom is -0.383 e. The summed E-state index contributed by atoms with van der Waals surface area (Å²) in [7, 11) is 1.73. The van der Waals surface area contributed by atoms with E-state index in [0.29, 0.717) is 5.92 Å². The lowest BCUT2D eigenvalue weighted by atomic mass is 9.95. The molecule has 0 saturated heterocycles. The van der Waals surface area contributed by atoms with Gasteiger partial charge in [-0.05, 0) is 46.1 Å². The van der Waals surface area contributed by atoms with E-state index < -0.39 is 0 Å². The van der Waals surface area contributed by atoms with E-state index in [0.717, 1.165) is 30.6 Å². The fourth-order valence-electron chi connectivity index (χ4n) is 2.22. The zero-order valence-electron chi connectivity index (χ0n) is 11.9. The molecule has 1 heterocycles. The first-order valence-electron chi connectivity index (χ1n) is 6.87. The molecule has 1 N–H and O–H groups in total. The Morgan fingerprint density at radius 2 is 2.10 bits per heavy atom. The zero-order valence-corrected chi connectivity index (χ0v) is 15.9. The van der Waals surface area contributed by atoms with Crippen LogP contribution in [-0.4, -0.2) is 26.8 Å². The number of halogens is 2. The zero-order chi connectivity index (χ0) is 15.1. The SMILES string of the molecule is COCCNCC(Cc1cc(Br)cs1)c1cccc(Br)c1. The number of nitrogens with one attached hydrogen (secondary N) is 1. The fraction of sp³-hybridized carbons (Fsp3) is 0.375. The molecule has 0 radical (unpaired) electrons. The molecule has 2 nitrogen and oxygen atoms in total. The molecule has 21 heavy (non-hydrogen) atoms. The first-order chi connectivity index (χ1) is 10.2. The van der Waals surface area contributed by atoms with Crippen molar-refractivity contribution in [3.8, 4) is 0 Å². The van der Waals surface area contributed by atoms with Gasteiger partial charge < -0.3 is 10.1 Å². The average Bonchev–Trinajstić information content (AvgIpc) is 2.87. The summed E-state index contributed by atoms with van der Waals surface area (Å²) in [6.07, 6.45) is 1.05. The Kier molecular flexibility index (Phi) is 7.40. The summed E-state index contributed by atoms with van der Waals surface area (Å²) in [5.74, 6) is 0.463. The molecule has 114 valence electrons. The summed E-state index contributed by atoms with van der Waals surface area (Å²) >= 11 is 8.91. The number of ether oxygens (including phenoxy) is 1. The second kappa shape index (κ2) is 9.06. The van der Waals surface area contributed by atoms with Crippen molar-refractivity contribution >= 4 is 43.2 Å². The van der Waals surface area contributed by atoms with Crippen molar-refractivity contribution in [2.45, 2.75) is 12.3 Å². The van der Waals surface area contributed by atoms with Gasteiger partial charge in [-0.3, -0.25) is 0 Å². The molecular formula is C16H19Br2NOS. The molecule has 1 atom stereocenters. The minimum absolute atomic E-state index is 0.463. The van der Waals surface area contributed by atoms with Crippen LogP contribution in [0.4, 0.5) is 0 Å². The molecule has 1 aromatic heterocycles. The van der Waals surface area contributed by atoms with Crippen LogP contribution < -0.4 is 5.32 Å². The lowest BCUT2D eigenvalue weighted by molar-refractivity contribution is 0.199.